The van der Waals surface area contributed by atoms with E-state index in [4.69, 9.17) is 11.6 Å². The zero-order valence-electron chi connectivity index (χ0n) is 17.0. The predicted octanol–water partition coefficient (Wildman–Crippen LogP) is 5.06. The van der Waals surface area contributed by atoms with Crippen molar-refractivity contribution in [2.24, 2.45) is 5.92 Å². The molecule has 1 aromatic carbocycles. The van der Waals surface area contributed by atoms with Gasteiger partial charge in [0.1, 0.15) is 0 Å². The van der Waals surface area contributed by atoms with Gasteiger partial charge in [0.15, 0.2) is 0 Å². The second kappa shape index (κ2) is 9.53. The highest BCUT2D eigenvalue weighted by molar-refractivity contribution is 8.00. The Bertz CT molecular complexity index is 704. The first-order chi connectivity index (χ1) is 13.5. The average molecular weight is 423 g/mol. The van der Waals surface area contributed by atoms with E-state index in [0.29, 0.717) is 16.5 Å². The molecule has 2 heterocycles. The normalized spacial score (nSPS) is 19.8. The maximum atomic E-state index is 13.2. The monoisotopic (exact) mass is 422 g/mol. The number of piperidine rings is 1. The van der Waals surface area contributed by atoms with Gasteiger partial charge in [-0.05, 0) is 37.8 Å². The molecule has 28 heavy (non-hydrogen) atoms. The lowest BCUT2D eigenvalue weighted by molar-refractivity contribution is -0.137. The number of carbonyl (C=O) groups excluding carboxylic acids is 2. The summed E-state index contributed by atoms with van der Waals surface area (Å²) in [5.41, 5.74) is 0.579. The molecule has 0 unspecified atom stereocenters. The van der Waals surface area contributed by atoms with Gasteiger partial charge in [-0.25, -0.2) is 0 Å². The molecule has 0 aliphatic carbocycles. The Morgan fingerprint density at radius 3 is 2.54 bits per heavy atom. The van der Waals surface area contributed by atoms with Gasteiger partial charge in [-0.1, -0.05) is 50.4 Å². The van der Waals surface area contributed by atoms with Crippen molar-refractivity contribution in [3.05, 3.63) is 34.9 Å². The van der Waals surface area contributed by atoms with Gasteiger partial charge in [-0.15, -0.1) is 11.8 Å². The molecular weight excluding hydrogens is 392 g/mol. The number of benzene rings is 1. The third-order valence-electron chi connectivity index (χ3n) is 6.13. The molecule has 1 atom stereocenters. The van der Waals surface area contributed by atoms with Crippen molar-refractivity contribution in [1.82, 2.24) is 9.80 Å². The average Bonchev–Trinajstić information content (AvgIpc) is 3.11. The Balaban J connectivity index is 1.67. The Kier molecular flexibility index (Phi) is 7.32. The van der Waals surface area contributed by atoms with E-state index in [9.17, 15) is 9.59 Å². The molecule has 0 bridgehead atoms. The fraction of sp³-hybridized carbons (Fsp3) is 0.636. The van der Waals surface area contributed by atoms with E-state index in [1.54, 1.807) is 12.1 Å². The zero-order chi connectivity index (χ0) is 20.1. The van der Waals surface area contributed by atoms with Crippen LogP contribution in [0.3, 0.4) is 0 Å². The van der Waals surface area contributed by atoms with E-state index in [1.165, 1.54) is 0 Å². The molecule has 2 amide bonds. The quantitative estimate of drug-likeness (QED) is 0.642. The van der Waals surface area contributed by atoms with Gasteiger partial charge in [-0.3, -0.25) is 9.59 Å². The van der Waals surface area contributed by atoms with Gasteiger partial charge in [0.2, 0.25) is 5.91 Å². The van der Waals surface area contributed by atoms with E-state index in [2.05, 4.69) is 13.8 Å². The van der Waals surface area contributed by atoms with E-state index >= 15 is 0 Å². The summed E-state index contributed by atoms with van der Waals surface area (Å²) in [7, 11) is 0. The number of amides is 2. The van der Waals surface area contributed by atoms with Crippen LogP contribution in [0.4, 0.5) is 0 Å². The largest absolute Gasteiger partial charge is 0.342 e. The molecule has 4 nitrogen and oxygen atoms in total. The fourth-order valence-electron chi connectivity index (χ4n) is 4.38. The molecule has 154 valence electrons. The van der Waals surface area contributed by atoms with Gasteiger partial charge < -0.3 is 9.80 Å². The van der Waals surface area contributed by atoms with Crippen molar-refractivity contribution >= 4 is 35.2 Å². The van der Waals surface area contributed by atoms with Gasteiger partial charge >= 0.3 is 0 Å². The van der Waals surface area contributed by atoms with Gasteiger partial charge in [0, 0.05) is 31.3 Å². The molecule has 1 spiro atoms. The van der Waals surface area contributed by atoms with Crippen LogP contribution in [0, 0.1) is 5.92 Å². The number of hydrogen-bond donors (Lipinski definition) is 0. The minimum atomic E-state index is -0.196. The Hall–Kier alpha value is -1.20. The molecule has 2 aliphatic heterocycles. The van der Waals surface area contributed by atoms with E-state index in [-0.39, 0.29) is 16.7 Å². The number of carbonyl (C=O) groups is 2. The molecule has 0 radical (unpaired) electrons. The number of hydrogen-bond acceptors (Lipinski definition) is 3. The summed E-state index contributed by atoms with van der Waals surface area (Å²) in [5, 5.41) is 0.508. The van der Waals surface area contributed by atoms with Crippen molar-refractivity contribution in [2.45, 2.75) is 57.2 Å². The van der Waals surface area contributed by atoms with Crippen molar-refractivity contribution in [1.29, 1.82) is 0 Å². The second-order valence-corrected chi connectivity index (χ2v) is 9.67. The number of likely N-dealkylation sites (tertiary alicyclic amines) is 1. The summed E-state index contributed by atoms with van der Waals surface area (Å²) >= 11 is 8.14. The van der Waals surface area contributed by atoms with E-state index in [0.717, 1.165) is 63.9 Å². The van der Waals surface area contributed by atoms with Crippen LogP contribution in [0.5, 0.6) is 0 Å². The van der Waals surface area contributed by atoms with Crippen LogP contribution >= 0.6 is 23.4 Å². The third kappa shape index (κ3) is 4.35. The molecule has 2 aliphatic rings. The smallest absolute Gasteiger partial charge is 0.256 e. The number of nitrogens with zero attached hydrogens (tertiary/aromatic N) is 2. The Labute approximate surface area is 178 Å². The maximum Gasteiger partial charge on any atom is 0.256 e. The predicted molar refractivity (Wildman–Crippen MR) is 117 cm³/mol. The van der Waals surface area contributed by atoms with Gasteiger partial charge in [0.25, 0.3) is 5.91 Å². The lowest BCUT2D eigenvalue weighted by Crippen LogP contribution is -2.54. The van der Waals surface area contributed by atoms with Crippen LogP contribution in [0.15, 0.2) is 24.3 Å². The summed E-state index contributed by atoms with van der Waals surface area (Å²) in [6.07, 6.45) is 5.81. The number of thioether (sulfide) groups is 1. The van der Waals surface area contributed by atoms with Crippen LogP contribution in [-0.2, 0) is 4.79 Å². The van der Waals surface area contributed by atoms with E-state index < -0.39 is 0 Å². The van der Waals surface area contributed by atoms with Crippen LogP contribution in [0.2, 0.25) is 5.02 Å². The molecule has 0 saturated carbocycles. The van der Waals surface area contributed by atoms with E-state index in [1.807, 2.05) is 33.7 Å². The lowest BCUT2D eigenvalue weighted by atomic mass is 9.95. The van der Waals surface area contributed by atoms with Crippen LogP contribution < -0.4 is 0 Å². The lowest BCUT2D eigenvalue weighted by Gasteiger charge is -2.44. The summed E-state index contributed by atoms with van der Waals surface area (Å²) in [6, 6.07) is 7.28. The molecule has 2 fully saturated rings. The minimum Gasteiger partial charge on any atom is -0.342 e. The van der Waals surface area contributed by atoms with Crippen LogP contribution in [-0.4, -0.2) is 51.9 Å². The Morgan fingerprint density at radius 1 is 1.18 bits per heavy atom. The highest BCUT2D eigenvalue weighted by Crippen LogP contribution is 2.45. The minimum absolute atomic E-state index is 0.0183. The van der Waals surface area contributed by atoms with Crippen LogP contribution in [0.1, 0.15) is 62.7 Å². The maximum absolute atomic E-state index is 13.2. The molecule has 0 N–H and O–H groups in total. The molecule has 0 aromatic heterocycles. The summed E-state index contributed by atoms with van der Waals surface area (Å²) in [4.78, 5) is 30.0. The van der Waals surface area contributed by atoms with Gasteiger partial charge in [-0.2, -0.15) is 0 Å². The molecule has 1 aromatic rings. The molecule has 2 saturated heterocycles. The summed E-state index contributed by atoms with van der Waals surface area (Å²) in [6.45, 7) is 6.50. The Morgan fingerprint density at radius 2 is 1.89 bits per heavy atom. The first kappa shape index (κ1) is 21.5. The van der Waals surface area contributed by atoms with Crippen LogP contribution in [0.25, 0.3) is 0 Å². The number of rotatable bonds is 6. The SMILES string of the molecule is CCCC[C@H](CC)C(=O)N1CCC2(CC1)SCCN2C(=O)c1ccccc1Cl. The first-order valence-corrected chi connectivity index (χ1v) is 11.9. The highest BCUT2D eigenvalue weighted by atomic mass is 35.5. The number of halogens is 1. The topological polar surface area (TPSA) is 40.6 Å². The highest BCUT2D eigenvalue weighted by Gasteiger charge is 2.47. The number of unbranched alkanes of at least 4 members (excludes halogenated alkanes) is 1. The fourth-order valence-corrected chi connectivity index (χ4v) is 6.05. The summed E-state index contributed by atoms with van der Waals surface area (Å²) < 4.78 is 0. The van der Waals surface area contributed by atoms with Crippen molar-refractivity contribution < 1.29 is 9.59 Å². The first-order valence-electron chi connectivity index (χ1n) is 10.5. The van der Waals surface area contributed by atoms with Crippen molar-refractivity contribution in [2.75, 3.05) is 25.4 Å². The zero-order valence-corrected chi connectivity index (χ0v) is 18.5. The standard InChI is InChI=1S/C22H31ClN2O2S/c1-3-5-8-17(4-2)20(26)24-13-11-22(12-14-24)25(15-16-28-22)21(27)18-9-6-7-10-19(18)23/h6-7,9-10,17H,3-5,8,11-16H2,1-2H3/t17-/m0/s1. The van der Waals surface area contributed by atoms with Crippen molar-refractivity contribution in [3.8, 4) is 0 Å². The molecule has 3 rings (SSSR count). The molecular formula is C22H31ClN2O2S. The second-order valence-electron chi connectivity index (χ2n) is 7.80. The van der Waals surface area contributed by atoms with Gasteiger partial charge in [0.05, 0.1) is 15.5 Å². The molecule has 6 heteroatoms. The summed E-state index contributed by atoms with van der Waals surface area (Å²) in [5.74, 6) is 1.41. The van der Waals surface area contributed by atoms with Crippen molar-refractivity contribution in [3.63, 3.8) is 0 Å². The third-order valence-corrected chi connectivity index (χ3v) is 8.01.